The summed E-state index contributed by atoms with van der Waals surface area (Å²) in [5, 5.41) is 5.19. The van der Waals surface area contributed by atoms with E-state index in [0.29, 0.717) is 3.70 Å². The maximum atomic E-state index is 11.7. The number of aromatic nitrogens is 2. The van der Waals surface area contributed by atoms with Crippen molar-refractivity contribution in [1.82, 2.24) is 10.2 Å². The van der Waals surface area contributed by atoms with Crippen molar-refractivity contribution >= 4 is 22.6 Å². The van der Waals surface area contributed by atoms with Gasteiger partial charge in [-0.15, -0.1) is 0 Å². The molecule has 2 nitrogen and oxygen atoms in total. The fourth-order valence-electron chi connectivity index (χ4n) is 0.443. The van der Waals surface area contributed by atoms with E-state index >= 15 is 0 Å². The number of halogens is 4. The molecule has 0 aliphatic carbocycles. The Bertz CT molecular complexity index is 229. The zero-order chi connectivity index (χ0) is 7.78. The van der Waals surface area contributed by atoms with Crippen molar-refractivity contribution in [1.29, 1.82) is 0 Å². The molecule has 1 N–H and O–H groups in total. The third-order valence-electron chi connectivity index (χ3n) is 0.852. The van der Waals surface area contributed by atoms with E-state index in [4.69, 9.17) is 0 Å². The maximum Gasteiger partial charge on any atom is 0.432 e. The molecule has 0 aliphatic rings. The number of H-pyrrole nitrogens is 1. The lowest BCUT2D eigenvalue weighted by Gasteiger charge is -1.99. The van der Waals surface area contributed by atoms with Gasteiger partial charge >= 0.3 is 6.18 Å². The summed E-state index contributed by atoms with van der Waals surface area (Å²) in [6.07, 6.45) is -4.31. The summed E-state index contributed by atoms with van der Waals surface area (Å²) in [5.41, 5.74) is -0.808. The quantitative estimate of drug-likeness (QED) is 0.712. The highest BCUT2D eigenvalue weighted by atomic mass is 127. The van der Waals surface area contributed by atoms with Crippen LogP contribution in [0.15, 0.2) is 6.07 Å². The molecule has 1 heterocycles. The Morgan fingerprint density at radius 3 is 2.30 bits per heavy atom. The van der Waals surface area contributed by atoms with Crippen LogP contribution in [0.5, 0.6) is 0 Å². The van der Waals surface area contributed by atoms with Crippen LogP contribution < -0.4 is 0 Å². The molecular formula is C4H2F3IN2. The van der Waals surface area contributed by atoms with Crippen LogP contribution in [-0.4, -0.2) is 10.2 Å². The van der Waals surface area contributed by atoms with Crippen LogP contribution in [0.25, 0.3) is 0 Å². The van der Waals surface area contributed by atoms with E-state index in [9.17, 15) is 13.2 Å². The van der Waals surface area contributed by atoms with Crippen LogP contribution in [0, 0.1) is 3.70 Å². The van der Waals surface area contributed by atoms with E-state index in [0.717, 1.165) is 6.07 Å². The van der Waals surface area contributed by atoms with Gasteiger partial charge in [-0.1, -0.05) is 0 Å². The van der Waals surface area contributed by atoms with Crippen LogP contribution in [0.4, 0.5) is 13.2 Å². The molecule has 0 bridgehead atoms. The van der Waals surface area contributed by atoms with E-state index in [2.05, 4.69) is 5.10 Å². The molecule has 0 atom stereocenters. The van der Waals surface area contributed by atoms with Crippen LogP contribution >= 0.6 is 22.6 Å². The summed E-state index contributed by atoms with van der Waals surface area (Å²) in [7, 11) is 0. The molecule has 0 saturated heterocycles. The average molecular weight is 262 g/mol. The molecule has 0 aliphatic heterocycles. The van der Waals surface area contributed by atoms with Crippen LogP contribution in [0.2, 0.25) is 0 Å². The largest absolute Gasteiger partial charge is 0.432 e. The number of hydrogen-bond acceptors (Lipinski definition) is 1. The number of nitrogens with zero attached hydrogens (tertiary/aromatic N) is 1. The Labute approximate surface area is 68.0 Å². The van der Waals surface area contributed by atoms with Gasteiger partial charge in [0.05, 0.1) is 0 Å². The van der Waals surface area contributed by atoms with Crippen molar-refractivity contribution in [2.75, 3.05) is 0 Å². The normalized spacial score (nSPS) is 12.0. The molecule has 0 spiro atoms. The number of alkyl halides is 3. The highest BCUT2D eigenvalue weighted by molar-refractivity contribution is 14.1. The first-order valence-electron chi connectivity index (χ1n) is 2.28. The highest BCUT2D eigenvalue weighted by Gasteiger charge is 2.32. The first kappa shape index (κ1) is 7.83. The van der Waals surface area contributed by atoms with E-state index < -0.39 is 11.9 Å². The van der Waals surface area contributed by atoms with Gasteiger partial charge in [0.2, 0.25) is 0 Å². The minimum atomic E-state index is -4.31. The lowest BCUT2D eigenvalue weighted by molar-refractivity contribution is -0.141. The van der Waals surface area contributed by atoms with Crippen molar-refractivity contribution in [3.05, 3.63) is 15.5 Å². The fourth-order valence-corrected chi connectivity index (χ4v) is 0.875. The van der Waals surface area contributed by atoms with Gasteiger partial charge in [0.15, 0.2) is 0 Å². The summed E-state index contributed by atoms with van der Waals surface area (Å²) >= 11 is 1.70. The average Bonchev–Trinajstić information content (AvgIpc) is 2.11. The zero-order valence-electron chi connectivity index (χ0n) is 4.54. The van der Waals surface area contributed by atoms with Gasteiger partial charge in [0, 0.05) is 6.07 Å². The van der Waals surface area contributed by atoms with Crippen molar-refractivity contribution in [3.8, 4) is 0 Å². The van der Waals surface area contributed by atoms with Gasteiger partial charge in [0.1, 0.15) is 9.39 Å². The predicted molar refractivity (Wildman–Crippen MR) is 36.3 cm³/mol. The van der Waals surface area contributed by atoms with E-state index in [-0.39, 0.29) is 0 Å². The minimum Gasteiger partial charge on any atom is -0.273 e. The smallest absolute Gasteiger partial charge is 0.273 e. The molecule has 0 unspecified atom stereocenters. The maximum absolute atomic E-state index is 11.7. The van der Waals surface area contributed by atoms with E-state index in [1.165, 1.54) is 0 Å². The summed E-state index contributed by atoms with van der Waals surface area (Å²) < 4.78 is 35.5. The molecule has 1 rings (SSSR count). The monoisotopic (exact) mass is 262 g/mol. The summed E-state index contributed by atoms with van der Waals surface area (Å²) in [4.78, 5) is 0. The lowest BCUT2D eigenvalue weighted by Crippen LogP contribution is -2.04. The van der Waals surface area contributed by atoms with Gasteiger partial charge in [-0.3, -0.25) is 5.10 Å². The van der Waals surface area contributed by atoms with Crippen molar-refractivity contribution in [2.45, 2.75) is 6.18 Å². The Morgan fingerprint density at radius 1 is 1.50 bits per heavy atom. The number of hydrogen-bond donors (Lipinski definition) is 1. The molecule has 0 saturated carbocycles. The number of rotatable bonds is 0. The Morgan fingerprint density at radius 2 is 2.10 bits per heavy atom. The molecule has 0 amide bonds. The second-order valence-corrected chi connectivity index (χ2v) is 2.71. The summed E-state index contributed by atoms with van der Waals surface area (Å²) in [6, 6.07) is 0.945. The van der Waals surface area contributed by atoms with Gasteiger partial charge in [-0.2, -0.15) is 18.3 Å². The van der Waals surface area contributed by atoms with Crippen molar-refractivity contribution in [2.24, 2.45) is 0 Å². The van der Waals surface area contributed by atoms with Gasteiger partial charge in [0.25, 0.3) is 0 Å². The van der Waals surface area contributed by atoms with Gasteiger partial charge in [-0.25, -0.2) is 0 Å². The predicted octanol–water partition coefficient (Wildman–Crippen LogP) is 2.03. The lowest BCUT2D eigenvalue weighted by atomic mass is 10.4. The summed E-state index contributed by atoms with van der Waals surface area (Å²) in [5.74, 6) is 0. The Balaban J connectivity index is 2.96. The summed E-state index contributed by atoms with van der Waals surface area (Å²) in [6.45, 7) is 0. The van der Waals surface area contributed by atoms with E-state index in [1.54, 1.807) is 22.6 Å². The van der Waals surface area contributed by atoms with E-state index in [1.807, 2.05) is 5.10 Å². The fraction of sp³-hybridized carbons (Fsp3) is 0.250. The molecule has 0 radical (unpaired) electrons. The number of nitrogens with one attached hydrogen (secondary N) is 1. The highest BCUT2D eigenvalue weighted by Crippen LogP contribution is 2.27. The second kappa shape index (κ2) is 2.40. The minimum absolute atomic E-state index is 0.310. The van der Waals surface area contributed by atoms with Gasteiger partial charge in [-0.05, 0) is 22.6 Å². The standard InChI is InChI=1S/C4H2F3IN2/c5-4(6,7)2-1-3(8)10-9-2/h1H,(H,9,10). The number of aromatic amines is 1. The molecule has 0 aromatic carbocycles. The molecule has 6 heteroatoms. The first-order chi connectivity index (χ1) is 4.50. The van der Waals surface area contributed by atoms with Crippen molar-refractivity contribution < 1.29 is 13.2 Å². The molecule has 10 heavy (non-hydrogen) atoms. The van der Waals surface area contributed by atoms with Crippen LogP contribution in [-0.2, 0) is 6.18 Å². The Hall–Kier alpha value is -0.270. The first-order valence-corrected chi connectivity index (χ1v) is 3.36. The topological polar surface area (TPSA) is 28.7 Å². The van der Waals surface area contributed by atoms with Crippen LogP contribution in [0.3, 0.4) is 0 Å². The van der Waals surface area contributed by atoms with Crippen LogP contribution in [0.1, 0.15) is 5.69 Å². The Kier molecular flexibility index (Phi) is 1.88. The zero-order valence-corrected chi connectivity index (χ0v) is 6.69. The molecule has 0 fully saturated rings. The molecule has 1 aromatic rings. The third kappa shape index (κ3) is 1.61. The SMILES string of the molecule is FC(F)(F)c1cc(I)n[nH]1. The van der Waals surface area contributed by atoms with Gasteiger partial charge < -0.3 is 0 Å². The molecule has 1 aromatic heterocycles. The third-order valence-corrected chi connectivity index (χ3v) is 1.40. The van der Waals surface area contributed by atoms with Crippen molar-refractivity contribution in [3.63, 3.8) is 0 Å². The molecule has 56 valence electrons. The molecular weight excluding hydrogens is 260 g/mol. The second-order valence-electron chi connectivity index (χ2n) is 1.60.